The zero-order chi connectivity index (χ0) is 13.1. The lowest BCUT2D eigenvalue weighted by Gasteiger charge is -2.28. The molecule has 0 unspecified atom stereocenters. The summed E-state index contributed by atoms with van der Waals surface area (Å²) in [7, 11) is 1.32. The molecule has 1 N–H and O–H groups in total. The minimum Gasteiger partial charge on any atom is -0.467 e. The Bertz CT molecular complexity index is 305. The number of hydrogen-bond acceptors (Lipinski definition) is 5. The average Bonchev–Trinajstić information content (AvgIpc) is 2.63. The Kier molecular flexibility index (Phi) is 4.30. The summed E-state index contributed by atoms with van der Waals surface area (Å²) in [6.45, 7) is 5.34. The summed E-state index contributed by atoms with van der Waals surface area (Å²) < 4.78 is 9.90. The SMILES string of the molecule is COC(=O)[C@@]1(NC(=O)OC(C)(C)C)CCSC1. The molecule has 6 heteroatoms. The number of carbonyl (C=O) groups excluding carboxylic acids is 2. The van der Waals surface area contributed by atoms with Gasteiger partial charge in [0.25, 0.3) is 0 Å². The molecule has 98 valence electrons. The number of hydrogen-bond donors (Lipinski definition) is 1. The molecule has 1 saturated heterocycles. The van der Waals surface area contributed by atoms with E-state index >= 15 is 0 Å². The van der Waals surface area contributed by atoms with Gasteiger partial charge in [-0.1, -0.05) is 0 Å². The van der Waals surface area contributed by atoms with Crippen molar-refractivity contribution in [2.45, 2.75) is 38.3 Å². The maximum absolute atomic E-state index is 11.7. The summed E-state index contributed by atoms with van der Waals surface area (Å²) in [5.74, 6) is 0.942. The van der Waals surface area contributed by atoms with E-state index in [4.69, 9.17) is 9.47 Å². The van der Waals surface area contributed by atoms with Crippen molar-refractivity contribution in [3.05, 3.63) is 0 Å². The third-order valence-electron chi connectivity index (χ3n) is 2.34. The monoisotopic (exact) mass is 261 g/mol. The number of carbonyl (C=O) groups is 2. The second-order valence-corrected chi connectivity index (χ2v) is 6.11. The van der Waals surface area contributed by atoms with Gasteiger partial charge in [-0.05, 0) is 32.9 Å². The van der Waals surface area contributed by atoms with Gasteiger partial charge < -0.3 is 14.8 Å². The van der Waals surface area contributed by atoms with E-state index in [2.05, 4.69) is 5.32 Å². The second kappa shape index (κ2) is 5.16. The van der Waals surface area contributed by atoms with E-state index in [1.165, 1.54) is 7.11 Å². The standard InChI is InChI=1S/C11H19NO4S/c1-10(2,3)16-9(14)12-11(8(13)15-4)5-6-17-7-11/h5-7H2,1-4H3,(H,12,14)/t11-/m1/s1. The fourth-order valence-corrected chi connectivity index (χ4v) is 2.89. The summed E-state index contributed by atoms with van der Waals surface area (Å²) >= 11 is 1.61. The molecule has 0 bridgehead atoms. The van der Waals surface area contributed by atoms with Crippen LogP contribution in [0.1, 0.15) is 27.2 Å². The van der Waals surface area contributed by atoms with Crippen LogP contribution >= 0.6 is 11.8 Å². The topological polar surface area (TPSA) is 64.6 Å². The van der Waals surface area contributed by atoms with E-state index in [0.29, 0.717) is 12.2 Å². The van der Waals surface area contributed by atoms with Gasteiger partial charge in [-0.15, -0.1) is 0 Å². The number of nitrogens with one attached hydrogen (secondary N) is 1. The van der Waals surface area contributed by atoms with Gasteiger partial charge >= 0.3 is 12.1 Å². The van der Waals surface area contributed by atoms with E-state index in [1.807, 2.05) is 0 Å². The molecule has 0 aromatic carbocycles. The van der Waals surface area contributed by atoms with Crippen molar-refractivity contribution in [3.8, 4) is 0 Å². The molecule has 1 atom stereocenters. The highest BCUT2D eigenvalue weighted by Gasteiger charge is 2.45. The van der Waals surface area contributed by atoms with Crippen LogP contribution in [0.15, 0.2) is 0 Å². The fraction of sp³-hybridized carbons (Fsp3) is 0.818. The summed E-state index contributed by atoms with van der Waals surface area (Å²) in [4.78, 5) is 23.4. The number of alkyl carbamates (subject to hydrolysis) is 1. The Morgan fingerprint density at radius 2 is 2.00 bits per heavy atom. The minimum atomic E-state index is -0.929. The first-order chi connectivity index (χ1) is 7.79. The zero-order valence-electron chi connectivity index (χ0n) is 10.7. The molecule has 0 radical (unpaired) electrons. The maximum atomic E-state index is 11.7. The predicted octanol–water partition coefficient (Wildman–Crippen LogP) is 1.56. The van der Waals surface area contributed by atoms with Crippen LogP contribution in [0.4, 0.5) is 4.79 Å². The molecule has 1 aliphatic rings. The van der Waals surface area contributed by atoms with Gasteiger partial charge in [0.2, 0.25) is 0 Å². The quantitative estimate of drug-likeness (QED) is 0.764. The van der Waals surface area contributed by atoms with Gasteiger partial charge in [-0.2, -0.15) is 11.8 Å². The molecule has 1 heterocycles. The van der Waals surface area contributed by atoms with Crippen LogP contribution in [0.5, 0.6) is 0 Å². The van der Waals surface area contributed by atoms with Gasteiger partial charge in [-0.25, -0.2) is 9.59 Å². The highest BCUT2D eigenvalue weighted by atomic mass is 32.2. The molecule has 0 aromatic heterocycles. The Morgan fingerprint density at radius 1 is 1.35 bits per heavy atom. The molecular weight excluding hydrogens is 242 g/mol. The van der Waals surface area contributed by atoms with Crippen LogP contribution in [0.2, 0.25) is 0 Å². The summed E-state index contributed by atoms with van der Waals surface area (Å²) in [5, 5.41) is 2.64. The maximum Gasteiger partial charge on any atom is 0.408 e. The third-order valence-corrected chi connectivity index (χ3v) is 3.53. The first kappa shape index (κ1) is 14.2. The average molecular weight is 261 g/mol. The molecule has 0 aliphatic carbocycles. The van der Waals surface area contributed by atoms with E-state index < -0.39 is 23.2 Å². The van der Waals surface area contributed by atoms with Crippen LogP contribution in [-0.4, -0.2) is 41.8 Å². The smallest absolute Gasteiger partial charge is 0.408 e. The first-order valence-corrected chi connectivity index (χ1v) is 6.62. The van der Waals surface area contributed by atoms with Crippen LogP contribution in [0, 0.1) is 0 Å². The van der Waals surface area contributed by atoms with Crippen molar-refractivity contribution < 1.29 is 19.1 Å². The van der Waals surface area contributed by atoms with Crippen molar-refractivity contribution in [2.24, 2.45) is 0 Å². The molecule has 5 nitrogen and oxygen atoms in total. The molecule has 1 aliphatic heterocycles. The van der Waals surface area contributed by atoms with E-state index in [9.17, 15) is 9.59 Å². The summed E-state index contributed by atoms with van der Waals surface area (Å²) in [6.07, 6.45) is -0.00533. The summed E-state index contributed by atoms with van der Waals surface area (Å²) in [5.41, 5.74) is -1.51. The normalized spacial score (nSPS) is 24.2. The lowest BCUT2D eigenvalue weighted by molar-refractivity contribution is -0.147. The van der Waals surface area contributed by atoms with Crippen LogP contribution < -0.4 is 5.32 Å². The van der Waals surface area contributed by atoms with Gasteiger partial charge in [0.1, 0.15) is 5.60 Å². The van der Waals surface area contributed by atoms with E-state index in [-0.39, 0.29) is 0 Å². The second-order valence-electron chi connectivity index (χ2n) is 5.00. The molecule has 0 aromatic rings. The molecule has 1 rings (SSSR count). The number of esters is 1. The molecule has 17 heavy (non-hydrogen) atoms. The van der Waals surface area contributed by atoms with Gasteiger partial charge in [0.05, 0.1) is 7.11 Å². The zero-order valence-corrected chi connectivity index (χ0v) is 11.5. The molecule has 0 saturated carbocycles. The number of amides is 1. The largest absolute Gasteiger partial charge is 0.467 e. The van der Waals surface area contributed by atoms with E-state index in [1.54, 1.807) is 32.5 Å². The van der Waals surface area contributed by atoms with Crippen molar-refractivity contribution >= 4 is 23.8 Å². The lowest BCUT2D eigenvalue weighted by atomic mass is 10.00. The van der Waals surface area contributed by atoms with Gasteiger partial charge in [0.15, 0.2) is 5.54 Å². The Hall–Kier alpha value is -0.910. The number of rotatable bonds is 2. The molecular formula is C11H19NO4S. The lowest BCUT2D eigenvalue weighted by Crippen LogP contribution is -2.56. The first-order valence-electron chi connectivity index (χ1n) is 5.46. The van der Waals surface area contributed by atoms with Gasteiger partial charge in [0, 0.05) is 5.75 Å². The minimum absolute atomic E-state index is 0.409. The Balaban J connectivity index is 2.68. The highest BCUT2D eigenvalue weighted by molar-refractivity contribution is 7.99. The van der Waals surface area contributed by atoms with Crippen molar-refractivity contribution in [3.63, 3.8) is 0 Å². The number of ether oxygens (including phenoxy) is 2. The third kappa shape index (κ3) is 3.80. The van der Waals surface area contributed by atoms with Crippen LogP contribution in [0.3, 0.4) is 0 Å². The van der Waals surface area contributed by atoms with Crippen molar-refractivity contribution in [1.82, 2.24) is 5.32 Å². The number of thioether (sulfide) groups is 1. The van der Waals surface area contributed by atoms with Crippen LogP contribution in [0.25, 0.3) is 0 Å². The van der Waals surface area contributed by atoms with Crippen LogP contribution in [-0.2, 0) is 14.3 Å². The molecule has 1 amide bonds. The summed E-state index contributed by atoms with van der Waals surface area (Å²) in [6, 6.07) is 0. The predicted molar refractivity (Wildman–Crippen MR) is 66.1 cm³/mol. The fourth-order valence-electron chi connectivity index (χ4n) is 1.57. The Labute approximate surface area is 106 Å². The van der Waals surface area contributed by atoms with Crippen molar-refractivity contribution in [1.29, 1.82) is 0 Å². The van der Waals surface area contributed by atoms with Crippen molar-refractivity contribution in [2.75, 3.05) is 18.6 Å². The number of methoxy groups -OCH3 is 1. The highest BCUT2D eigenvalue weighted by Crippen LogP contribution is 2.29. The Morgan fingerprint density at radius 3 is 2.41 bits per heavy atom. The molecule has 1 fully saturated rings. The van der Waals surface area contributed by atoms with Gasteiger partial charge in [-0.3, -0.25) is 0 Å². The molecule has 0 spiro atoms. The van der Waals surface area contributed by atoms with E-state index in [0.717, 1.165) is 5.75 Å².